The summed E-state index contributed by atoms with van der Waals surface area (Å²) in [5.41, 5.74) is 6.80. The lowest BCUT2D eigenvalue weighted by atomic mass is 10.1. The van der Waals surface area contributed by atoms with Gasteiger partial charge in [-0.05, 0) is 77.7 Å². The Hall–Kier alpha value is -2.25. The zero-order chi connectivity index (χ0) is 21.4. The fraction of sp³-hybridized carbons (Fsp3) is 0.333. The third-order valence-corrected chi connectivity index (χ3v) is 5.26. The van der Waals surface area contributed by atoms with Crippen molar-refractivity contribution in [3.63, 3.8) is 0 Å². The maximum absolute atomic E-state index is 12.2. The van der Waals surface area contributed by atoms with E-state index in [-0.39, 0.29) is 6.61 Å². The number of unbranched alkanes of at least 4 members (excludes halogenated alkanes) is 1. The molecule has 0 saturated carbocycles. The number of hydrazine groups is 1. The van der Waals surface area contributed by atoms with Crippen molar-refractivity contribution >= 4 is 39.3 Å². The van der Waals surface area contributed by atoms with Crippen LogP contribution in [0.5, 0.6) is 11.5 Å². The molecule has 2 rings (SSSR count). The first-order valence-electron chi connectivity index (χ1n) is 9.23. The van der Waals surface area contributed by atoms with Crippen LogP contribution in [-0.4, -0.2) is 25.0 Å². The van der Waals surface area contributed by atoms with Crippen LogP contribution in [0.15, 0.2) is 34.8 Å². The summed E-state index contributed by atoms with van der Waals surface area (Å²) < 4.78 is 11.8. The van der Waals surface area contributed by atoms with Gasteiger partial charge in [-0.25, -0.2) is 0 Å². The normalized spacial score (nSPS) is 10.4. The minimum absolute atomic E-state index is 0.241. The first-order valence-corrected chi connectivity index (χ1v) is 10.4. The first kappa shape index (κ1) is 23.0. The molecule has 0 unspecified atom stereocenters. The second-order valence-corrected chi connectivity index (χ2v) is 7.74. The van der Waals surface area contributed by atoms with Crippen LogP contribution in [0.25, 0.3) is 0 Å². The van der Waals surface area contributed by atoms with Gasteiger partial charge in [0.2, 0.25) is 0 Å². The highest BCUT2D eigenvalue weighted by Gasteiger charge is 2.11. The molecule has 0 aliphatic heterocycles. The molecule has 29 heavy (non-hydrogen) atoms. The van der Waals surface area contributed by atoms with Crippen molar-refractivity contribution in [2.75, 3.05) is 13.2 Å². The summed E-state index contributed by atoms with van der Waals surface area (Å²) in [4.78, 5) is 24.2. The molecule has 0 saturated heterocycles. The number of benzene rings is 2. The van der Waals surface area contributed by atoms with Crippen LogP contribution in [0.4, 0.5) is 0 Å². The van der Waals surface area contributed by atoms with E-state index in [1.807, 2.05) is 13.8 Å². The third-order valence-electron chi connectivity index (χ3n) is 4.04. The van der Waals surface area contributed by atoms with Gasteiger partial charge in [-0.3, -0.25) is 20.4 Å². The predicted molar refractivity (Wildman–Crippen MR) is 117 cm³/mol. The number of hydrogen-bond acceptors (Lipinski definition) is 4. The van der Waals surface area contributed by atoms with Gasteiger partial charge in [0.25, 0.3) is 11.8 Å². The Labute approximate surface area is 184 Å². The first-order chi connectivity index (χ1) is 13.8. The highest BCUT2D eigenvalue weighted by atomic mass is 79.9. The summed E-state index contributed by atoms with van der Waals surface area (Å²) in [6.07, 6.45) is 2.00. The average molecular weight is 484 g/mol. The maximum Gasteiger partial charge on any atom is 0.276 e. The van der Waals surface area contributed by atoms with Gasteiger partial charge in [-0.1, -0.05) is 24.9 Å². The summed E-state index contributed by atoms with van der Waals surface area (Å²) in [5.74, 6) is 0.272. The van der Waals surface area contributed by atoms with Gasteiger partial charge in [0.05, 0.1) is 11.1 Å². The van der Waals surface area contributed by atoms with E-state index in [2.05, 4.69) is 33.7 Å². The van der Waals surface area contributed by atoms with Crippen molar-refractivity contribution in [1.29, 1.82) is 0 Å². The Kier molecular flexibility index (Phi) is 8.79. The zero-order valence-corrected chi connectivity index (χ0v) is 18.9. The SMILES string of the molecule is CCCCOc1ccc(C(=O)NNC(=O)COc2cc(C)c(Cl)c(C)c2)cc1Br. The van der Waals surface area contributed by atoms with Crippen molar-refractivity contribution in [3.05, 3.63) is 56.5 Å². The van der Waals surface area contributed by atoms with E-state index in [0.717, 1.165) is 24.0 Å². The number of aryl methyl sites for hydroxylation is 2. The molecule has 2 N–H and O–H groups in total. The number of ether oxygens (including phenoxy) is 2. The highest BCUT2D eigenvalue weighted by Crippen LogP contribution is 2.27. The molecule has 0 heterocycles. The molecule has 0 atom stereocenters. The van der Waals surface area contributed by atoms with Crippen LogP contribution in [0.2, 0.25) is 5.02 Å². The summed E-state index contributed by atoms with van der Waals surface area (Å²) in [6.45, 7) is 6.18. The minimum Gasteiger partial charge on any atom is -0.492 e. The molecule has 0 aliphatic rings. The van der Waals surface area contributed by atoms with Crippen molar-refractivity contribution in [3.8, 4) is 11.5 Å². The van der Waals surface area contributed by atoms with E-state index < -0.39 is 11.8 Å². The lowest BCUT2D eigenvalue weighted by Gasteiger charge is -2.12. The number of nitrogens with one attached hydrogen (secondary N) is 2. The molecule has 0 radical (unpaired) electrons. The van der Waals surface area contributed by atoms with Crippen LogP contribution < -0.4 is 20.3 Å². The van der Waals surface area contributed by atoms with Crippen molar-refractivity contribution in [2.24, 2.45) is 0 Å². The highest BCUT2D eigenvalue weighted by molar-refractivity contribution is 9.10. The van der Waals surface area contributed by atoms with Gasteiger partial charge in [0.15, 0.2) is 6.61 Å². The van der Waals surface area contributed by atoms with Crippen LogP contribution in [-0.2, 0) is 4.79 Å². The van der Waals surface area contributed by atoms with Gasteiger partial charge in [-0.15, -0.1) is 0 Å². The zero-order valence-electron chi connectivity index (χ0n) is 16.6. The van der Waals surface area contributed by atoms with E-state index in [9.17, 15) is 9.59 Å². The van der Waals surface area contributed by atoms with Gasteiger partial charge < -0.3 is 9.47 Å². The Balaban J connectivity index is 1.84. The third kappa shape index (κ3) is 6.94. The maximum atomic E-state index is 12.2. The van der Waals surface area contributed by atoms with Gasteiger partial charge >= 0.3 is 0 Å². The topological polar surface area (TPSA) is 76.7 Å². The second kappa shape index (κ2) is 11.1. The monoisotopic (exact) mass is 482 g/mol. The largest absolute Gasteiger partial charge is 0.492 e. The van der Waals surface area contributed by atoms with Crippen LogP contribution in [0, 0.1) is 13.8 Å². The number of carbonyl (C=O) groups is 2. The van der Waals surface area contributed by atoms with Crippen molar-refractivity contribution in [1.82, 2.24) is 10.9 Å². The van der Waals surface area contributed by atoms with Gasteiger partial charge in [0, 0.05) is 10.6 Å². The van der Waals surface area contributed by atoms with E-state index in [1.165, 1.54) is 0 Å². The Morgan fingerprint density at radius 1 is 1.07 bits per heavy atom. The molecule has 0 fully saturated rings. The molecule has 0 aliphatic carbocycles. The lowest BCUT2D eigenvalue weighted by Crippen LogP contribution is -2.43. The summed E-state index contributed by atoms with van der Waals surface area (Å²) in [6, 6.07) is 8.48. The molecule has 2 aromatic carbocycles. The standard InChI is InChI=1S/C21H24BrClN2O4/c1-4-5-8-28-18-7-6-15(11-17(18)22)21(27)25-24-19(26)12-29-16-9-13(2)20(23)14(3)10-16/h6-7,9-11H,4-5,8,12H2,1-3H3,(H,24,26)(H,25,27). The quantitative estimate of drug-likeness (QED) is 0.420. The average Bonchev–Trinajstić information content (AvgIpc) is 2.69. The Morgan fingerprint density at radius 3 is 2.38 bits per heavy atom. The molecule has 6 nitrogen and oxygen atoms in total. The van der Waals surface area contributed by atoms with E-state index in [0.29, 0.717) is 33.2 Å². The lowest BCUT2D eigenvalue weighted by molar-refractivity contribution is -0.123. The molecule has 0 aromatic heterocycles. The molecule has 0 bridgehead atoms. The molecular formula is C21H24BrClN2O4. The van der Waals surface area contributed by atoms with E-state index in [1.54, 1.807) is 30.3 Å². The number of rotatable bonds is 8. The van der Waals surface area contributed by atoms with Crippen LogP contribution >= 0.6 is 27.5 Å². The number of carbonyl (C=O) groups excluding carboxylic acids is 2. The molecular weight excluding hydrogens is 460 g/mol. The molecule has 156 valence electrons. The fourth-order valence-electron chi connectivity index (χ4n) is 2.46. The fourth-order valence-corrected chi connectivity index (χ4v) is 3.06. The van der Waals surface area contributed by atoms with Crippen LogP contribution in [0.1, 0.15) is 41.3 Å². The van der Waals surface area contributed by atoms with E-state index in [4.69, 9.17) is 21.1 Å². The molecule has 2 aromatic rings. The number of halogens is 2. The van der Waals surface area contributed by atoms with Crippen molar-refractivity contribution in [2.45, 2.75) is 33.6 Å². The Morgan fingerprint density at radius 2 is 1.76 bits per heavy atom. The number of hydrogen-bond donors (Lipinski definition) is 2. The predicted octanol–water partition coefficient (Wildman–Crippen LogP) is 4.74. The summed E-state index contributed by atoms with van der Waals surface area (Å²) in [7, 11) is 0. The summed E-state index contributed by atoms with van der Waals surface area (Å²) >= 11 is 9.51. The van der Waals surface area contributed by atoms with Crippen molar-refractivity contribution < 1.29 is 19.1 Å². The van der Waals surface area contributed by atoms with Gasteiger partial charge in [-0.2, -0.15) is 0 Å². The minimum atomic E-state index is -0.484. The smallest absolute Gasteiger partial charge is 0.276 e. The molecule has 8 heteroatoms. The molecule has 2 amide bonds. The summed E-state index contributed by atoms with van der Waals surface area (Å²) in [5, 5.41) is 0.669. The van der Waals surface area contributed by atoms with Crippen LogP contribution in [0.3, 0.4) is 0 Å². The Bertz CT molecular complexity index is 866. The van der Waals surface area contributed by atoms with E-state index >= 15 is 0 Å². The second-order valence-electron chi connectivity index (χ2n) is 6.51. The van der Waals surface area contributed by atoms with Gasteiger partial charge in [0.1, 0.15) is 11.5 Å². The number of amides is 2. The molecule has 0 spiro atoms.